The molecule has 0 spiro atoms. The van der Waals surface area contributed by atoms with Gasteiger partial charge in [-0.2, -0.15) is 0 Å². The van der Waals surface area contributed by atoms with Crippen molar-refractivity contribution < 1.29 is 14.7 Å². The Labute approximate surface area is 121 Å². The standard InChI is InChI=1S/C16H13ClO3/c1-10-5-6-14(18)13(7-10)16(20)9-15(19)11-3-2-4-12(17)8-11/h2-8,18H,9H2,1H3. The van der Waals surface area contributed by atoms with Gasteiger partial charge in [0.05, 0.1) is 12.0 Å². The molecule has 0 atom stereocenters. The highest BCUT2D eigenvalue weighted by Crippen LogP contribution is 2.21. The monoisotopic (exact) mass is 288 g/mol. The molecule has 4 heteroatoms. The Kier molecular flexibility index (Phi) is 4.20. The number of carbonyl (C=O) groups excluding carboxylic acids is 2. The lowest BCUT2D eigenvalue weighted by molar-refractivity contribution is 0.0893. The summed E-state index contributed by atoms with van der Waals surface area (Å²) in [4.78, 5) is 24.1. The third-order valence-electron chi connectivity index (χ3n) is 2.92. The molecule has 2 aromatic rings. The van der Waals surface area contributed by atoms with Gasteiger partial charge in [0.2, 0.25) is 0 Å². The van der Waals surface area contributed by atoms with Gasteiger partial charge >= 0.3 is 0 Å². The van der Waals surface area contributed by atoms with Crippen LogP contribution in [-0.4, -0.2) is 16.7 Å². The Morgan fingerprint density at radius 3 is 2.55 bits per heavy atom. The lowest BCUT2D eigenvalue weighted by Gasteiger charge is -2.05. The summed E-state index contributed by atoms with van der Waals surface area (Å²) in [6.45, 7) is 1.81. The smallest absolute Gasteiger partial charge is 0.174 e. The number of benzene rings is 2. The molecular formula is C16H13ClO3. The molecule has 1 N–H and O–H groups in total. The third-order valence-corrected chi connectivity index (χ3v) is 3.16. The summed E-state index contributed by atoms with van der Waals surface area (Å²) in [5.41, 5.74) is 1.40. The molecule has 0 amide bonds. The molecule has 0 aliphatic heterocycles. The Morgan fingerprint density at radius 2 is 1.85 bits per heavy atom. The highest BCUT2D eigenvalue weighted by atomic mass is 35.5. The molecule has 0 unspecified atom stereocenters. The van der Waals surface area contributed by atoms with Crippen LogP contribution >= 0.6 is 11.6 Å². The van der Waals surface area contributed by atoms with Crippen LogP contribution in [0.2, 0.25) is 5.02 Å². The second-order valence-corrected chi connectivity index (χ2v) is 4.99. The Morgan fingerprint density at radius 1 is 1.10 bits per heavy atom. The molecule has 0 aliphatic carbocycles. The highest BCUT2D eigenvalue weighted by Gasteiger charge is 2.17. The number of aryl methyl sites for hydroxylation is 1. The van der Waals surface area contributed by atoms with Crippen molar-refractivity contribution in [2.75, 3.05) is 0 Å². The molecule has 102 valence electrons. The van der Waals surface area contributed by atoms with E-state index in [0.717, 1.165) is 5.56 Å². The molecule has 0 heterocycles. The summed E-state index contributed by atoms with van der Waals surface area (Å²) in [6.07, 6.45) is -0.294. The molecule has 0 aliphatic rings. The minimum absolute atomic E-state index is 0.112. The van der Waals surface area contributed by atoms with E-state index in [9.17, 15) is 14.7 Å². The topological polar surface area (TPSA) is 54.4 Å². The molecule has 0 radical (unpaired) electrons. The first-order valence-electron chi connectivity index (χ1n) is 6.09. The third kappa shape index (κ3) is 3.25. The minimum atomic E-state index is -0.406. The number of aromatic hydroxyl groups is 1. The molecule has 0 aromatic heterocycles. The van der Waals surface area contributed by atoms with E-state index < -0.39 is 5.78 Å². The zero-order valence-corrected chi connectivity index (χ0v) is 11.6. The quantitative estimate of drug-likeness (QED) is 0.687. The van der Waals surface area contributed by atoms with Gasteiger partial charge in [-0.15, -0.1) is 0 Å². The Hall–Kier alpha value is -2.13. The predicted octanol–water partition coefficient (Wildman–Crippen LogP) is 3.81. The van der Waals surface area contributed by atoms with Gasteiger partial charge in [-0.05, 0) is 31.2 Å². The summed E-state index contributed by atoms with van der Waals surface area (Å²) in [6, 6.07) is 11.2. The molecule has 0 saturated heterocycles. The lowest BCUT2D eigenvalue weighted by Crippen LogP contribution is -2.09. The van der Waals surface area contributed by atoms with Gasteiger partial charge in [0.1, 0.15) is 5.75 Å². The molecule has 0 saturated carbocycles. The second kappa shape index (κ2) is 5.88. The fourth-order valence-electron chi connectivity index (χ4n) is 1.88. The average molecular weight is 289 g/mol. The number of Topliss-reactive ketones (excluding diaryl/α,β-unsaturated/α-hetero) is 2. The number of phenols is 1. The number of ketones is 2. The van der Waals surface area contributed by atoms with Crippen molar-refractivity contribution >= 4 is 23.2 Å². The minimum Gasteiger partial charge on any atom is -0.507 e. The first-order chi connectivity index (χ1) is 9.47. The highest BCUT2D eigenvalue weighted by molar-refractivity contribution is 6.31. The van der Waals surface area contributed by atoms with E-state index in [1.165, 1.54) is 12.1 Å². The first kappa shape index (κ1) is 14.3. The van der Waals surface area contributed by atoms with Crippen LogP contribution in [-0.2, 0) is 0 Å². The van der Waals surface area contributed by atoms with Crippen molar-refractivity contribution in [2.45, 2.75) is 13.3 Å². The number of rotatable bonds is 4. The SMILES string of the molecule is Cc1ccc(O)c(C(=O)CC(=O)c2cccc(Cl)c2)c1. The van der Waals surface area contributed by atoms with E-state index >= 15 is 0 Å². The summed E-state index contributed by atoms with van der Waals surface area (Å²) < 4.78 is 0. The van der Waals surface area contributed by atoms with Crippen LogP contribution in [0, 0.1) is 6.92 Å². The zero-order chi connectivity index (χ0) is 14.7. The molecule has 0 bridgehead atoms. The van der Waals surface area contributed by atoms with Crippen molar-refractivity contribution in [3.63, 3.8) is 0 Å². The van der Waals surface area contributed by atoms with Gasteiger partial charge in [-0.25, -0.2) is 0 Å². The molecule has 20 heavy (non-hydrogen) atoms. The molecular weight excluding hydrogens is 276 g/mol. The van der Waals surface area contributed by atoms with Crippen molar-refractivity contribution in [2.24, 2.45) is 0 Å². The Balaban J connectivity index is 2.19. The Bertz CT molecular complexity index is 677. The first-order valence-corrected chi connectivity index (χ1v) is 6.47. The van der Waals surface area contributed by atoms with Crippen molar-refractivity contribution in [1.29, 1.82) is 0 Å². The normalized spacial score (nSPS) is 10.3. The number of carbonyl (C=O) groups is 2. The van der Waals surface area contributed by atoms with Crippen LogP contribution in [0.25, 0.3) is 0 Å². The van der Waals surface area contributed by atoms with Crippen LogP contribution in [0.15, 0.2) is 42.5 Å². The number of halogens is 1. The maximum Gasteiger partial charge on any atom is 0.174 e. The van der Waals surface area contributed by atoms with E-state index in [0.29, 0.717) is 10.6 Å². The number of hydrogen-bond donors (Lipinski definition) is 1. The van der Waals surface area contributed by atoms with Gasteiger partial charge in [0, 0.05) is 10.6 Å². The van der Waals surface area contributed by atoms with Crippen molar-refractivity contribution in [1.82, 2.24) is 0 Å². The van der Waals surface area contributed by atoms with Crippen LogP contribution < -0.4 is 0 Å². The molecule has 3 nitrogen and oxygen atoms in total. The fourth-order valence-corrected chi connectivity index (χ4v) is 2.07. The summed E-state index contributed by atoms with van der Waals surface area (Å²) >= 11 is 5.81. The van der Waals surface area contributed by atoms with E-state index in [4.69, 9.17) is 11.6 Å². The van der Waals surface area contributed by atoms with E-state index in [1.54, 1.807) is 30.3 Å². The van der Waals surface area contributed by atoms with Crippen LogP contribution in [0.1, 0.15) is 32.7 Å². The average Bonchev–Trinajstić information content (AvgIpc) is 2.41. The molecule has 0 fully saturated rings. The van der Waals surface area contributed by atoms with Gasteiger partial charge in [-0.1, -0.05) is 35.4 Å². The van der Waals surface area contributed by atoms with Gasteiger partial charge < -0.3 is 5.11 Å². The number of phenolic OH excluding ortho intramolecular Hbond substituents is 1. The largest absolute Gasteiger partial charge is 0.507 e. The fraction of sp³-hybridized carbons (Fsp3) is 0.125. The van der Waals surface area contributed by atoms with E-state index in [1.807, 2.05) is 6.92 Å². The summed E-state index contributed by atoms with van der Waals surface area (Å²) in [5, 5.41) is 10.1. The lowest BCUT2D eigenvalue weighted by atomic mass is 10.00. The van der Waals surface area contributed by atoms with Crippen LogP contribution in [0.4, 0.5) is 0 Å². The maximum absolute atomic E-state index is 12.1. The van der Waals surface area contributed by atoms with Crippen molar-refractivity contribution in [3.05, 3.63) is 64.2 Å². The molecule has 2 rings (SSSR count). The van der Waals surface area contributed by atoms with Crippen LogP contribution in [0.5, 0.6) is 5.75 Å². The molecule has 2 aromatic carbocycles. The van der Waals surface area contributed by atoms with Crippen LogP contribution in [0.3, 0.4) is 0 Å². The summed E-state index contributed by atoms with van der Waals surface area (Å²) in [7, 11) is 0. The van der Waals surface area contributed by atoms with E-state index in [2.05, 4.69) is 0 Å². The zero-order valence-electron chi connectivity index (χ0n) is 10.9. The van der Waals surface area contributed by atoms with Crippen molar-refractivity contribution in [3.8, 4) is 5.75 Å². The summed E-state index contributed by atoms with van der Waals surface area (Å²) in [5.74, 6) is -0.839. The predicted molar refractivity (Wildman–Crippen MR) is 77.6 cm³/mol. The second-order valence-electron chi connectivity index (χ2n) is 4.55. The number of hydrogen-bond acceptors (Lipinski definition) is 3. The van der Waals surface area contributed by atoms with Gasteiger partial charge in [0.25, 0.3) is 0 Å². The van der Waals surface area contributed by atoms with Gasteiger partial charge in [-0.3, -0.25) is 9.59 Å². The van der Waals surface area contributed by atoms with Gasteiger partial charge in [0.15, 0.2) is 11.6 Å². The van der Waals surface area contributed by atoms with E-state index in [-0.39, 0.29) is 23.5 Å². The maximum atomic E-state index is 12.1.